The first-order chi connectivity index (χ1) is 10.1. The van der Waals surface area contributed by atoms with Crippen LogP contribution in [0.4, 0.5) is 10.1 Å². The van der Waals surface area contributed by atoms with Gasteiger partial charge in [0.05, 0.1) is 18.3 Å². The van der Waals surface area contributed by atoms with Crippen LogP contribution < -0.4 is 10.6 Å². The normalized spacial score (nSPS) is 18.0. The Kier molecular flexibility index (Phi) is 3.37. The number of aliphatic imine (C=N–C) groups is 1. The summed E-state index contributed by atoms with van der Waals surface area (Å²) in [5.41, 5.74) is 10.0. The Morgan fingerprint density at radius 2 is 1.90 bits per heavy atom. The molecule has 2 aromatic rings. The number of rotatable bonds is 2. The van der Waals surface area contributed by atoms with E-state index in [1.165, 1.54) is 17.2 Å². The molecular weight excluding hydrogens is 265 g/mol. The molecule has 3 rings (SSSR count). The fraction of sp³-hybridized carbons (Fsp3) is 0.235. The van der Waals surface area contributed by atoms with E-state index in [-0.39, 0.29) is 11.9 Å². The highest BCUT2D eigenvalue weighted by Gasteiger charge is 2.30. The van der Waals surface area contributed by atoms with Gasteiger partial charge in [-0.1, -0.05) is 30.3 Å². The fourth-order valence-electron chi connectivity index (χ4n) is 2.66. The molecule has 108 valence electrons. The zero-order chi connectivity index (χ0) is 15.0. The maximum Gasteiger partial charge on any atom is 0.196 e. The lowest BCUT2D eigenvalue weighted by Crippen LogP contribution is -2.36. The molecule has 21 heavy (non-hydrogen) atoms. The first kappa shape index (κ1) is 13.6. The van der Waals surface area contributed by atoms with E-state index < -0.39 is 0 Å². The first-order valence-corrected chi connectivity index (χ1v) is 6.99. The van der Waals surface area contributed by atoms with Crippen molar-refractivity contribution >= 4 is 11.6 Å². The molecule has 1 unspecified atom stereocenters. The zero-order valence-corrected chi connectivity index (χ0v) is 12.2. The molecule has 0 bridgehead atoms. The molecule has 0 saturated carbocycles. The van der Waals surface area contributed by atoms with Gasteiger partial charge in [0.2, 0.25) is 0 Å². The Balaban J connectivity index is 2.03. The maximum atomic E-state index is 14.1. The van der Waals surface area contributed by atoms with E-state index >= 15 is 0 Å². The second-order valence-corrected chi connectivity index (χ2v) is 5.38. The van der Waals surface area contributed by atoms with Crippen molar-refractivity contribution in [3.05, 3.63) is 65.0 Å². The van der Waals surface area contributed by atoms with E-state index in [2.05, 4.69) is 37.0 Å². The number of hydrogen-bond acceptors (Lipinski definition) is 3. The lowest BCUT2D eigenvalue weighted by Gasteiger charge is -2.27. The Morgan fingerprint density at radius 3 is 2.62 bits per heavy atom. The third kappa shape index (κ3) is 2.37. The Bertz CT molecular complexity index is 709. The minimum Gasteiger partial charge on any atom is -0.369 e. The average Bonchev–Trinajstić information content (AvgIpc) is 2.84. The van der Waals surface area contributed by atoms with Gasteiger partial charge in [0, 0.05) is 0 Å². The number of halogens is 1. The zero-order valence-electron chi connectivity index (χ0n) is 12.2. The standard InChI is InChI=1S/C17H18FN3/c1-11-7-8-13(9-12(11)2)16-10-20-17(19)21(16)15-6-4-3-5-14(15)18/h3-9,16H,10H2,1-2H3,(H2,19,20). The van der Waals surface area contributed by atoms with Crippen LogP contribution >= 0.6 is 0 Å². The molecular formula is C17H18FN3. The van der Waals surface area contributed by atoms with Crippen LogP contribution in [0.3, 0.4) is 0 Å². The van der Waals surface area contributed by atoms with Gasteiger partial charge in [-0.3, -0.25) is 4.99 Å². The van der Waals surface area contributed by atoms with Gasteiger partial charge in [0.15, 0.2) is 5.96 Å². The molecule has 0 aliphatic carbocycles. The molecule has 2 N–H and O–H groups in total. The predicted molar refractivity (Wildman–Crippen MR) is 84.0 cm³/mol. The number of benzene rings is 2. The average molecular weight is 283 g/mol. The van der Waals surface area contributed by atoms with E-state index in [0.29, 0.717) is 18.2 Å². The third-order valence-corrected chi connectivity index (χ3v) is 4.01. The van der Waals surface area contributed by atoms with Crippen molar-refractivity contribution in [2.24, 2.45) is 10.7 Å². The van der Waals surface area contributed by atoms with Crippen LogP contribution in [0.15, 0.2) is 47.5 Å². The molecule has 0 spiro atoms. The van der Waals surface area contributed by atoms with Crippen LogP contribution in [0.25, 0.3) is 0 Å². The van der Waals surface area contributed by atoms with E-state index in [1.54, 1.807) is 17.0 Å². The van der Waals surface area contributed by atoms with Crippen LogP contribution in [0.5, 0.6) is 0 Å². The molecule has 3 nitrogen and oxygen atoms in total. The van der Waals surface area contributed by atoms with Crippen LogP contribution in [0.2, 0.25) is 0 Å². The van der Waals surface area contributed by atoms with Crippen molar-refractivity contribution in [2.45, 2.75) is 19.9 Å². The Morgan fingerprint density at radius 1 is 1.14 bits per heavy atom. The lowest BCUT2D eigenvalue weighted by molar-refractivity contribution is 0.619. The minimum absolute atomic E-state index is 0.0544. The van der Waals surface area contributed by atoms with E-state index in [9.17, 15) is 4.39 Å². The van der Waals surface area contributed by atoms with Crippen molar-refractivity contribution in [1.29, 1.82) is 0 Å². The second-order valence-electron chi connectivity index (χ2n) is 5.38. The number of nitrogens with two attached hydrogens (primary N) is 1. The van der Waals surface area contributed by atoms with Gasteiger partial charge < -0.3 is 10.6 Å². The quantitative estimate of drug-likeness (QED) is 0.918. The Labute approximate surface area is 123 Å². The minimum atomic E-state index is -0.286. The molecule has 1 aliphatic heterocycles. The SMILES string of the molecule is Cc1ccc(C2CN=C(N)N2c2ccccc2F)cc1C. The summed E-state index contributed by atoms with van der Waals surface area (Å²) < 4.78 is 14.1. The van der Waals surface area contributed by atoms with Gasteiger partial charge in [-0.05, 0) is 42.7 Å². The van der Waals surface area contributed by atoms with Crippen LogP contribution in [-0.4, -0.2) is 12.5 Å². The summed E-state index contributed by atoms with van der Waals surface area (Å²) in [7, 11) is 0. The molecule has 0 radical (unpaired) electrons. The number of guanidine groups is 1. The van der Waals surface area contributed by atoms with E-state index in [4.69, 9.17) is 5.73 Å². The highest BCUT2D eigenvalue weighted by Crippen LogP contribution is 2.33. The summed E-state index contributed by atoms with van der Waals surface area (Å²) in [6.45, 7) is 4.70. The van der Waals surface area contributed by atoms with Crippen molar-refractivity contribution in [3.8, 4) is 0 Å². The van der Waals surface area contributed by atoms with E-state index in [1.807, 2.05) is 6.07 Å². The highest BCUT2D eigenvalue weighted by molar-refractivity contribution is 5.97. The van der Waals surface area contributed by atoms with Crippen molar-refractivity contribution in [1.82, 2.24) is 0 Å². The number of nitrogens with zero attached hydrogens (tertiary/aromatic N) is 2. The number of para-hydroxylation sites is 1. The van der Waals surface area contributed by atoms with Crippen LogP contribution in [-0.2, 0) is 0 Å². The van der Waals surface area contributed by atoms with Gasteiger partial charge >= 0.3 is 0 Å². The first-order valence-electron chi connectivity index (χ1n) is 6.99. The van der Waals surface area contributed by atoms with Crippen molar-refractivity contribution < 1.29 is 4.39 Å². The summed E-state index contributed by atoms with van der Waals surface area (Å²) in [6, 6.07) is 12.9. The number of hydrogen-bond donors (Lipinski definition) is 1. The second kappa shape index (κ2) is 5.20. The van der Waals surface area contributed by atoms with Crippen molar-refractivity contribution in [3.63, 3.8) is 0 Å². The smallest absolute Gasteiger partial charge is 0.196 e. The molecule has 0 fully saturated rings. The van der Waals surface area contributed by atoms with Gasteiger partial charge in [-0.2, -0.15) is 0 Å². The lowest BCUT2D eigenvalue weighted by atomic mass is 10.00. The Hall–Kier alpha value is -2.36. The monoisotopic (exact) mass is 283 g/mol. The molecule has 0 saturated heterocycles. The molecule has 4 heteroatoms. The van der Waals surface area contributed by atoms with Gasteiger partial charge in [0.25, 0.3) is 0 Å². The summed E-state index contributed by atoms with van der Waals surface area (Å²) in [6.07, 6.45) is 0. The summed E-state index contributed by atoms with van der Waals surface area (Å²) in [4.78, 5) is 6.08. The van der Waals surface area contributed by atoms with Gasteiger partial charge in [0.1, 0.15) is 5.82 Å². The molecule has 0 amide bonds. The van der Waals surface area contributed by atoms with Gasteiger partial charge in [-0.25, -0.2) is 4.39 Å². The maximum absolute atomic E-state index is 14.1. The number of anilines is 1. The third-order valence-electron chi connectivity index (χ3n) is 4.01. The number of aryl methyl sites for hydroxylation is 2. The van der Waals surface area contributed by atoms with Crippen LogP contribution in [0, 0.1) is 19.7 Å². The topological polar surface area (TPSA) is 41.6 Å². The van der Waals surface area contributed by atoms with Gasteiger partial charge in [-0.15, -0.1) is 0 Å². The highest BCUT2D eigenvalue weighted by atomic mass is 19.1. The van der Waals surface area contributed by atoms with E-state index in [0.717, 1.165) is 5.56 Å². The molecule has 1 aliphatic rings. The fourth-order valence-corrected chi connectivity index (χ4v) is 2.66. The predicted octanol–water partition coefficient (Wildman–Crippen LogP) is 3.32. The molecule has 2 aromatic carbocycles. The summed E-state index contributed by atoms with van der Waals surface area (Å²) >= 11 is 0. The molecule has 1 heterocycles. The largest absolute Gasteiger partial charge is 0.369 e. The summed E-state index contributed by atoms with van der Waals surface area (Å²) in [5.74, 6) is 0.0784. The van der Waals surface area contributed by atoms with Crippen LogP contribution in [0.1, 0.15) is 22.7 Å². The van der Waals surface area contributed by atoms with Crippen molar-refractivity contribution in [2.75, 3.05) is 11.4 Å². The summed E-state index contributed by atoms with van der Waals surface area (Å²) in [5, 5.41) is 0. The molecule has 1 atom stereocenters. The molecule has 0 aromatic heterocycles.